The number of para-hydroxylation sites is 1. The molecule has 2 amide bonds. The molecule has 0 radical (unpaired) electrons. The highest BCUT2D eigenvalue weighted by atomic mass is 32.2. The second-order valence-corrected chi connectivity index (χ2v) is 11.2. The summed E-state index contributed by atoms with van der Waals surface area (Å²) in [5, 5.41) is 2.76. The molecule has 3 aromatic rings. The van der Waals surface area contributed by atoms with E-state index < -0.39 is 40.2 Å². The number of carbonyl (C=O) groups excluding carboxylic acids is 2. The minimum Gasteiger partial charge on any atom is -0.493 e. The molecule has 0 aliphatic rings. The van der Waals surface area contributed by atoms with Gasteiger partial charge in [0, 0.05) is 24.2 Å². The average molecular weight is 572 g/mol. The minimum absolute atomic E-state index is 0.131. The van der Waals surface area contributed by atoms with Crippen LogP contribution >= 0.6 is 0 Å². The molecule has 3 aromatic carbocycles. The van der Waals surface area contributed by atoms with E-state index in [2.05, 4.69) is 5.32 Å². The SMILES string of the molecule is COc1ccc(S(=O)(=O)N(CC(=O)N(Cc2ccccc2F)[C@@H](C)C(=O)NC(C)C)c2ccccc2)cc1OC. The molecule has 0 aromatic heterocycles. The van der Waals surface area contributed by atoms with E-state index in [-0.39, 0.29) is 34.5 Å². The molecule has 0 saturated heterocycles. The highest BCUT2D eigenvalue weighted by molar-refractivity contribution is 7.92. The van der Waals surface area contributed by atoms with Gasteiger partial charge in [-0.05, 0) is 51.1 Å². The van der Waals surface area contributed by atoms with Gasteiger partial charge < -0.3 is 19.7 Å². The third-order valence-corrected chi connectivity index (χ3v) is 7.93. The molecule has 0 fully saturated rings. The molecule has 40 heavy (non-hydrogen) atoms. The van der Waals surface area contributed by atoms with Crippen molar-refractivity contribution in [2.24, 2.45) is 0 Å². The highest BCUT2D eigenvalue weighted by Gasteiger charge is 2.33. The third kappa shape index (κ3) is 7.09. The van der Waals surface area contributed by atoms with Crippen molar-refractivity contribution in [2.75, 3.05) is 25.1 Å². The van der Waals surface area contributed by atoms with E-state index in [4.69, 9.17) is 9.47 Å². The number of hydrogen-bond acceptors (Lipinski definition) is 6. The van der Waals surface area contributed by atoms with Gasteiger partial charge in [0.05, 0.1) is 24.8 Å². The Morgan fingerprint density at radius 3 is 2.12 bits per heavy atom. The Labute approximate surface area is 234 Å². The van der Waals surface area contributed by atoms with E-state index in [1.54, 1.807) is 50.2 Å². The Balaban J connectivity index is 2.05. The maximum absolute atomic E-state index is 14.6. The maximum atomic E-state index is 14.6. The van der Waals surface area contributed by atoms with Crippen LogP contribution in [0.2, 0.25) is 0 Å². The minimum atomic E-state index is -4.31. The van der Waals surface area contributed by atoms with E-state index in [9.17, 15) is 22.4 Å². The molecule has 9 nitrogen and oxygen atoms in total. The van der Waals surface area contributed by atoms with Crippen LogP contribution < -0.4 is 19.1 Å². The summed E-state index contributed by atoms with van der Waals surface area (Å²) in [5.74, 6) is -1.15. The number of nitrogens with zero attached hydrogens (tertiary/aromatic N) is 2. The van der Waals surface area contributed by atoms with E-state index in [0.717, 1.165) is 4.31 Å². The van der Waals surface area contributed by atoms with Crippen LogP contribution in [0.15, 0.2) is 77.7 Å². The van der Waals surface area contributed by atoms with Crippen LogP contribution in [0, 0.1) is 5.82 Å². The summed E-state index contributed by atoms with van der Waals surface area (Å²) in [4.78, 5) is 27.8. The second-order valence-electron chi connectivity index (χ2n) is 9.32. The molecular formula is C29H34FN3O6S. The molecule has 3 rings (SSSR count). The lowest BCUT2D eigenvalue weighted by Crippen LogP contribution is -2.52. The molecule has 0 saturated carbocycles. The number of ether oxygens (including phenoxy) is 2. The molecule has 0 bridgehead atoms. The summed E-state index contributed by atoms with van der Waals surface area (Å²) in [5.41, 5.74) is 0.421. The van der Waals surface area contributed by atoms with E-state index in [1.165, 1.54) is 62.4 Å². The Bertz CT molecular complexity index is 1430. The summed E-state index contributed by atoms with van der Waals surface area (Å²) < 4.78 is 53.9. The second kappa shape index (κ2) is 13.3. The number of benzene rings is 3. The van der Waals surface area contributed by atoms with Gasteiger partial charge in [-0.1, -0.05) is 36.4 Å². The van der Waals surface area contributed by atoms with Gasteiger partial charge in [0.15, 0.2) is 11.5 Å². The van der Waals surface area contributed by atoms with Crippen molar-refractivity contribution in [2.45, 2.75) is 44.3 Å². The predicted octanol–water partition coefficient (Wildman–Crippen LogP) is 3.98. The predicted molar refractivity (Wildman–Crippen MR) is 150 cm³/mol. The lowest BCUT2D eigenvalue weighted by molar-refractivity contribution is -0.139. The number of anilines is 1. The first-order valence-electron chi connectivity index (χ1n) is 12.6. The topological polar surface area (TPSA) is 105 Å². The lowest BCUT2D eigenvalue weighted by atomic mass is 10.1. The molecule has 1 N–H and O–H groups in total. The first-order chi connectivity index (χ1) is 19.0. The summed E-state index contributed by atoms with van der Waals surface area (Å²) in [7, 11) is -1.49. The van der Waals surface area contributed by atoms with Gasteiger partial charge in [-0.2, -0.15) is 0 Å². The van der Waals surface area contributed by atoms with Gasteiger partial charge in [0.1, 0.15) is 18.4 Å². The zero-order valence-corrected chi connectivity index (χ0v) is 23.9. The third-order valence-electron chi connectivity index (χ3n) is 6.16. The number of halogens is 1. The van der Waals surface area contributed by atoms with Crippen LogP contribution in [0.5, 0.6) is 11.5 Å². The lowest BCUT2D eigenvalue weighted by Gasteiger charge is -2.32. The van der Waals surface area contributed by atoms with Crippen molar-refractivity contribution in [3.8, 4) is 11.5 Å². The summed E-state index contributed by atoms with van der Waals surface area (Å²) in [6.45, 7) is 4.19. The number of sulfonamides is 1. The monoisotopic (exact) mass is 571 g/mol. The van der Waals surface area contributed by atoms with Gasteiger partial charge >= 0.3 is 0 Å². The van der Waals surface area contributed by atoms with Gasteiger partial charge in [0.25, 0.3) is 10.0 Å². The zero-order chi connectivity index (χ0) is 29.4. The number of carbonyl (C=O) groups is 2. The van der Waals surface area contributed by atoms with Crippen LogP contribution in [0.4, 0.5) is 10.1 Å². The van der Waals surface area contributed by atoms with E-state index in [0.29, 0.717) is 5.75 Å². The number of methoxy groups -OCH3 is 2. The Morgan fingerprint density at radius 1 is 0.900 bits per heavy atom. The Kier molecular flexibility index (Phi) is 10.1. The van der Waals surface area contributed by atoms with Gasteiger partial charge in [-0.25, -0.2) is 12.8 Å². The molecule has 214 valence electrons. The van der Waals surface area contributed by atoms with Crippen molar-refractivity contribution < 1.29 is 31.9 Å². The van der Waals surface area contributed by atoms with Crippen molar-refractivity contribution in [3.05, 3.63) is 84.2 Å². The number of hydrogen-bond donors (Lipinski definition) is 1. The molecule has 0 heterocycles. The quantitative estimate of drug-likeness (QED) is 0.353. The zero-order valence-electron chi connectivity index (χ0n) is 23.1. The fourth-order valence-electron chi connectivity index (χ4n) is 4.03. The Hall–Kier alpha value is -4.12. The van der Waals surface area contributed by atoms with E-state index in [1.807, 2.05) is 0 Å². The van der Waals surface area contributed by atoms with Crippen molar-refractivity contribution >= 4 is 27.5 Å². The molecule has 11 heteroatoms. The summed E-state index contributed by atoms with van der Waals surface area (Å²) in [6, 6.07) is 16.9. The number of amides is 2. The fraction of sp³-hybridized carbons (Fsp3) is 0.310. The smallest absolute Gasteiger partial charge is 0.264 e. The standard InChI is InChI=1S/C29H34FN3O6S/c1-20(2)31-29(35)21(3)32(18-22-11-9-10-14-25(22)30)28(34)19-33(23-12-7-6-8-13-23)40(36,37)24-15-16-26(38-4)27(17-24)39-5/h6-17,20-21H,18-19H2,1-5H3,(H,31,35)/t21-/m0/s1. The Morgan fingerprint density at radius 2 is 1.52 bits per heavy atom. The van der Waals surface area contributed by atoms with Gasteiger partial charge in [0.2, 0.25) is 11.8 Å². The van der Waals surface area contributed by atoms with E-state index >= 15 is 0 Å². The fourth-order valence-corrected chi connectivity index (χ4v) is 5.46. The van der Waals surface area contributed by atoms with Crippen molar-refractivity contribution in [1.29, 1.82) is 0 Å². The molecule has 0 spiro atoms. The van der Waals surface area contributed by atoms with Crippen LogP contribution in [0.25, 0.3) is 0 Å². The van der Waals surface area contributed by atoms with Crippen molar-refractivity contribution in [3.63, 3.8) is 0 Å². The molecule has 0 aliphatic heterocycles. The number of rotatable bonds is 12. The van der Waals surface area contributed by atoms with Gasteiger partial charge in [-0.15, -0.1) is 0 Å². The highest BCUT2D eigenvalue weighted by Crippen LogP contribution is 2.32. The van der Waals surface area contributed by atoms with Crippen LogP contribution in [-0.4, -0.2) is 58.0 Å². The number of nitrogens with one attached hydrogen (secondary N) is 1. The molecule has 0 unspecified atom stereocenters. The first kappa shape index (κ1) is 30.4. The average Bonchev–Trinajstić information content (AvgIpc) is 2.94. The molecular weight excluding hydrogens is 537 g/mol. The summed E-state index contributed by atoms with van der Waals surface area (Å²) >= 11 is 0. The van der Waals surface area contributed by atoms with Crippen molar-refractivity contribution in [1.82, 2.24) is 10.2 Å². The van der Waals surface area contributed by atoms with Crippen LogP contribution in [0.1, 0.15) is 26.3 Å². The van der Waals surface area contributed by atoms with Crippen LogP contribution in [0.3, 0.4) is 0 Å². The first-order valence-corrected chi connectivity index (χ1v) is 14.1. The van der Waals surface area contributed by atoms with Crippen LogP contribution in [-0.2, 0) is 26.2 Å². The normalized spacial score (nSPS) is 12.0. The molecule has 0 aliphatic carbocycles. The maximum Gasteiger partial charge on any atom is 0.264 e. The van der Waals surface area contributed by atoms with Gasteiger partial charge in [-0.3, -0.25) is 13.9 Å². The largest absolute Gasteiger partial charge is 0.493 e. The molecule has 1 atom stereocenters. The summed E-state index contributed by atoms with van der Waals surface area (Å²) in [6.07, 6.45) is 0.